The van der Waals surface area contributed by atoms with Crippen molar-refractivity contribution >= 4 is 63.7 Å². The van der Waals surface area contributed by atoms with Gasteiger partial charge in [-0.25, -0.2) is 0 Å². The Morgan fingerprint density at radius 2 is 1.65 bits per heavy atom. The molecule has 0 saturated heterocycles. The third-order valence-electron chi connectivity index (χ3n) is 3.92. The van der Waals surface area contributed by atoms with Gasteiger partial charge in [0.2, 0.25) is 0 Å². The minimum atomic E-state index is -0.590. The van der Waals surface area contributed by atoms with E-state index in [1.165, 1.54) is 0 Å². The minimum Gasteiger partial charge on any atom is -0.351 e. The Kier molecular flexibility index (Phi) is 5.73. The molecule has 1 atom stereocenters. The van der Waals surface area contributed by atoms with Gasteiger partial charge in [0, 0.05) is 21.3 Å². The molecule has 2 aromatic carbocycles. The zero-order chi connectivity index (χ0) is 18.8. The molecule has 0 bridgehead atoms. The number of thiocarbonyl (C=S) groups is 1. The predicted octanol–water partition coefficient (Wildman–Crippen LogP) is 5.08. The van der Waals surface area contributed by atoms with E-state index in [9.17, 15) is 4.79 Å². The topological polar surface area (TPSA) is 53.2 Å². The number of amides is 1. The molecule has 2 aromatic rings. The van der Waals surface area contributed by atoms with Crippen molar-refractivity contribution < 1.29 is 4.79 Å². The maximum absolute atomic E-state index is 13.0. The molecular formula is C18H14Cl3N3OS. The summed E-state index contributed by atoms with van der Waals surface area (Å²) in [5.74, 6) is -0.334. The molecule has 0 radical (unpaired) electrons. The van der Waals surface area contributed by atoms with E-state index >= 15 is 0 Å². The fraction of sp³-hybridized carbons (Fsp3) is 0.111. The van der Waals surface area contributed by atoms with Gasteiger partial charge in [0.25, 0.3) is 5.91 Å². The maximum atomic E-state index is 13.0. The zero-order valence-corrected chi connectivity index (χ0v) is 16.7. The van der Waals surface area contributed by atoms with Crippen LogP contribution >= 0.6 is 47.0 Å². The number of para-hydroxylation sites is 1. The van der Waals surface area contributed by atoms with Gasteiger partial charge in [-0.1, -0.05) is 53.0 Å². The van der Waals surface area contributed by atoms with Gasteiger partial charge in [-0.15, -0.1) is 0 Å². The number of carbonyl (C=O) groups is 1. The van der Waals surface area contributed by atoms with Crippen LogP contribution in [0.5, 0.6) is 0 Å². The lowest BCUT2D eigenvalue weighted by atomic mass is 9.94. The Morgan fingerprint density at radius 1 is 1.04 bits per heavy atom. The molecule has 1 amide bonds. The van der Waals surface area contributed by atoms with Crippen LogP contribution in [0, 0.1) is 0 Å². The molecule has 0 fully saturated rings. The van der Waals surface area contributed by atoms with Crippen molar-refractivity contribution in [3.05, 3.63) is 74.4 Å². The summed E-state index contributed by atoms with van der Waals surface area (Å²) in [4.78, 5) is 13.0. The molecule has 0 aliphatic carbocycles. The van der Waals surface area contributed by atoms with Crippen LogP contribution in [0.2, 0.25) is 15.1 Å². The van der Waals surface area contributed by atoms with Crippen LogP contribution in [0.15, 0.2) is 53.7 Å². The summed E-state index contributed by atoms with van der Waals surface area (Å²) in [6, 6.07) is 11.6. The Bertz CT molecular complexity index is 909. The lowest BCUT2D eigenvalue weighted by Crippen LogP contribution is -2.46. The van der Waals surface area contributed by atoms with Crippen LogP contribution in [-0.2, 0) is 4.79 Å². The van der Waals surface area contributed by atoms with Crippen molar-refractivity contribution in [2.75, 3.05) is 5.32 Å². The van der Waals surface area contributed by atoms with Crippen molar-refractivity contribution in [3.63, 3.8) is 0 Å². The number of nitrogens with one attached hydrogen (secondary N) is 3. The Hall–Kier alpha value is -1.79. The van der Waals surface area contributed by atoms with E-state index in [2.05, 4.69) is 16.0 Å². The van der Waals surface area contributed by atoms with Crippen LogP contribution in [-0.4, -0.2) is 11.0 Å². The first-order valence-electron chi connectivity index (χ1n) is 7.66. The fourth-order valence-electron chi connectivity index (χ4n) is 2.75. The maximum Gasteiger partial charge on any atom is 0.255 e. The Balaban J connectivity index is 2.04. The van der Waals surface area contributed by atoms with Crippen LogP contribution in [0.3, 0.4) is 0 Å². The van der Waals surface area contributed by atoms with Gasteiger partial charge in [0.1, 0.15) is 0 Å². The van der Waals surface area contributed by atoms with Crippen LogP contribution < -0.4 is 16.0 Å². The number of hydrogen-bond acceptors (Lipinski definition) is 2. The van der Waals surface area contributed by atoms with E-state index in [0.29, 0.717) is 42.7 Å². The summed E-state index contributed by atoms with van der Waals surface area (Å²) >= 11 is 24.1. The first-order valence-corrected chi connectivity index (χ1v) is 9.20. The van der Waals surface area contributed by atoms with Crippen LogP contribution in [0.4, 0.5) is 5.69 Å². The van der Waals surface area contributed by atoms with Crippen molar-refractivity contribution in [1.82, 2.24) is 10.6 Å². The number of hydrogen-bond donors (Lipinski definition) is 3. The van der Waals surface area contributed by atoms with Crippen molar-refractivity contribution in [1.29, 1.82) is 0 Å². The molecule has 8 heteroatoms. The average molecular weight is 427 g/mol. The second-order valence-corrected chi connectivity index (χ2v) is 7.27. The molecule has 1 aliphatic heterocycles. The largest absolute Gasteiger partial charge is 0.351 e. The van der Waals surface area contributed by atoms with Gasteiger partial charge in [-0.3, -0.25) is 4.79 Å². The quantitative estimate of drug-likeness (QED) is 0.599. The summed E-state index contributed by atoms with van der Waals surface area (Å²) in [6.07, 6.45) is 0. The van der Waals surface area contributed by atoms with E-state index in [1.54, 1.807) is 49.4 Å². The van der Waals surface area contributed by atoms with Gasteiger partial charge in [0.05, 0.1) is 22.3 Å². The summed E-state index contributed by atoms with van der Waals surface area (Å²) in [5.41, 5.74) is 2.13. The summed E-state index contributed by atoms with van der Waals surface area (Å²) in [5, 5.41) is 10.6. The van der Waals surface area contributed by atoms with Crippen molar-refractivity contribution in [3.8, 4) is 0 Å². The van der Waals surface area contributed by atoms with Gasteiger partial charge in [-0.05, 0) is 43.4 Å². The summed E-state index contributed by atoms with van der Waals surface area (Å²) in [6.45, 7) is 1.77. The predicted molar refractivity (Wildman–Crippen MR) is 111 cm³/mol. The normalized spacial score (nSPS) is 16.8. The molecular weight excluding hydrogens is 413 g/mol. The first kappa shape index (κ1) is 19.0. The van der Waals surface area contributed by atoms with Crippen molar-refractivity contribution in [2.45, 2.75) is 13.0 Å². The number of halogens is 3. The van der Waals surface area contributed by atoms with Gasteiger partial charge in [0.15, 0.2) is 5.11 Å². The molecule has 0 aromatic heterocycles. The first-order chi connectivity index (χ1) is 12.4. The zero-order valence-electron chi connectivity index (χ0n) is 13.6. The average Bonchev–Trinajstić information content (AvgIpc) is 2.56. The third kappa shape index (κ3) is 3.81. The molecule has 3 N–H and O–H groups in total. The molecule has 134 valence electrons. The molecule has 1 heterocycles. The monoisotopic (exact) mass is 425 g/mol. The van der Waals surface area contributed by atoms with E-state index in [0.717, 1.165) is 0 Å². The minimum absolute atomic E-state index is 0.334. The highest BCUT2D eigenvalue weighted by Crippen LogP contribution is 2.37. The van der Waals surface area contributed by atoms with Gasteiger partial charge >= 0.3 is 0 Å². The Morgan fingerprint density at radius 3 is 2.31 bits per heavy atom. The van der Waals surface area contributed by atoms with E-state index in [-0.39, 0.29) is 5.91 Å². The van der Waals surface area contributed by atoms with Gasteiger partial charge in [-0.2, -0.15) is 0 Å². The molecule has 0 saturated carbocycles. The molecule has 3 rings (SSSR count). The lowest BCUT2D eigenvalue weighted by Gasteiger charge is -2.31. The molecule has 0 spiro atoms. The number of allylic oxidation sites excluding steroid dienone is 1. The highest BCUT2D eigenvalue weighted by atomic mass is 35.5. The second kappa shape index (κ2) is 7.84. The number of rotatable bonds is 3. The number of anilines is 1. The molecule has 1 aliphatic rings. The standard InChI is InChI=1S/C18H14Cl3N3OS/c1-9-14(17(25)23-13-8-3-2-5-10(13)19)16(24-18(26)22-9)15-11(20)6-4-7-12(15)21/h2-8,16H,1H3,(H,23,25)(H2,22,24,26). The molecule has 26 heavy (non-hydrogen) atoms. The summed E-state index contributed by atoms with van der Waals surface area (Å²) in [7, 11) is 0. The van der Waals surface area contributed by atoms with E-state index in [1.807, 2.05) is 0 Å². The fourth-order valence-corrected chi connectivity index (χ4v) is 3.82. The van der Waals surface area contributed by atoms with E-state index < -0.39 is 6.04 Å². The van der Waals surface area contributed by atoms with Crippen LogP contribution in [0.1, 0.15) is 18.5 Å². The van der Waals surface area contributed by atoms with Crippen LogP contribution in [0.25, 0.3) is 0 Å². The highest BCUT2D eigenvalue weighted by molar-refractivity contribution is 7.80. The smallest absolute Gasteiger partial charge is 0.255 e. The third-order valence-corrected chi connectivity index (χ3v) is 5.13. The molecule has 4 nitrogen and oxygen atoms in total. The SMILES string of the molecule is CC1=C(C(=O)Nc2ccccc2Cl)C(c2c(Cl)cccc2Cl)NC(=S)N1. The van der Waals surface area contributed by atoms with E-state index in [4.69, 9.17) is 47.0 Å². The lowest BCUT2D eigenvalue weighted by molar-refractivity contribution is -0.113. The van der Waals surface area contributed by atoms with Gasteiger partial charge < -0.3 is 16.0 Å². The summed E-state index contributed by atoms with van der Waals surface area (Å²) < 4.78 is 0. The number of carbonyl (C=O) groups excluding carboxylic acids is 1. The highest BCUT2D eigenvalue weighted by Gasteiger charge is 2.32. The van der Waals surface area contributed by atoms with Crippen molar-refractivity contribution in [2.24, 2.45) is 0 Å². The second-order valence-electron chi connectivity index (χ2n) is 5.64. The Labute approximate surface area is 171 Å². The number of benzene rings is 2. The molecule has 1 unspecified atom stereocenters.